The van der Waals surface area contributed by atoms with Crippen LogP contribution in [0.2, 0.25) is 0 Å². The van der Waals surface area contributed by atoms with Crippen LogP contribution < -0.4 is 10.5 Å². The molecule has 0 fully saturated rings. The molecule has 1 aromatic carbocycles. The second-order valence-electron chi connectivity index (χ2n) is 4.67. The van der Waals surface area contributed by atoms with Crippen molar-refractivity contribution in [3.8, 4) is 0 Å². The average molecular weight is 302 g/mol. The predicted molar refractivity (Wildman–Crippen MR) is 83.1 cm³/mol. The van der Waals surface area contributed by atoms with Gasteiger partial charge in [0.05, 0.1) is 5.69 Å². The summed E-state index contributed by atoms with van der Waals surface area (Å²) in [6.07, 6.45) is 2.81. The molecule has 0 saturated carbocycles. The third-order valence-electron chi connectivity index (χ3n) is 3.12. The topological polar surface area (TPSA) is 72.2 Å². The minimum absolute atomic E-state index is 0.212. The first-order chi connectivity index (χ1) is 8.79. The van der Waals surface area contributed by atoms with E-state index in [-0.39, 0.29) is 4.90 Å². The lowest BCUT2D eigenvalue weighted by Crippen LogP contribution is -2.27. The minimum Gasteiger partial charge on any atom is -0.397 e. The molecular formula is C13H22N2O2S2. The number of benzene rings is 1. The number of rotatable bonds is 6. The normalized spacial score (nSPS) is 13.5. The van der Waals surface area contributed by atoms with Gasteiger partial charge in [-0.05, 0) is 37.7 Å². The Labute approximate surface area is 120 Å². The predicted octanol–water partition coefficient (Wildman–Crippen LogP) is 2.31. The van der Waals surface area contributed by atoms with Crippen LogP contribution in [0.5, 0.6) is 0 Å². The average Bonchev–Trinajstić information content (AvgIpc) is 2.33. The number of hydrogen-bond acceptors (Lipinski definition) is 4. The van der Waals surface area contributed by atoms with Gasteiger partial charge in [-0.25, -0.2) is 13.1 Å². The number of hydrogen-bond donors (Lipinski definition) is 2. The zero-order valence-electron chi connectivity index (χ0n) is 11.9. The second kappa shape index (κ2) is 6.63. The summed E-state index contributed by atoms with van der Waals surface area (Å²) in [4.78, 5) is 0.212. The van der Waals surface area contributed by atoms with Gasteiger partial charge in [0.25, 0.3) is 0 Å². The third kappa shape index (κ3) is 4.12. The number of aryl methyl sites for hydroxylation is 2. The van der Waals surface area contributed by atoms with Gasteiger partial charge in [-0.15, -0.1) is 0 Å². The van der Waals surface area contributed by atoms with Crippen molar-refractivity contribution >= 4 is 27.5 Å². The lowest BCUT2D eigenvalue weighted by Gasteiger charge is -2.14. The first kappa shape index (κ1) is 16.3. The van der Waals surface area contributed by atoms with Crippen LogP contribution in [-0.4, -0.2) is 26.5 Å². The zero-order chi connectivity index (χ0) is 14.6. The summed E-state index contributed by atoms with van der Waals surface area (Å²) < 4.78 is 27.2. The standard InChI is InChI=1S/C13H22N2O2S2/c1-9-5-6-10(2)13(12(9)14)19(16,17)15-8-7-11(3)18-4/h5-6,11,15H,7-8,14H2,1-4H3. The molecule has 0 saturated heterocycles. The quantitative estimate of drug-likeness (QED) is 0.791. The summed E-state index contributed by atoms with van der Waals surface area (Å²) in [5.41, 5.74) is 7.70. The molecule has 4 nitrogen and oxygen atoms in total. The highest BCUT2D eigenvalue weighted by Crippen LogP contribution is 2.25. The van der Waals surface area contributed by atoms with E-state index in [0.29, 0.717) is 23.0 Å². The Kier molecular flexibility index (Phi) is 5.70. The van der Waals surface area contributed by atoms with Crippen molar-refractivity contribution in [3.63, 3.8) is 0 Å². The molecule has 3 N–H and O–H groups in total. The summed E-state index contributed by atoms with van der Waals surface area (Å²) in [5, 5.41) is 0.429. The molecule has 0 spiro atoms. The summed E-state index contributed by atoms with van der Waals surface area (Å²) in [6.45, 7) is 6.07. The molecular weight excluding hydrogens is 280 g/mol. The van der Waals surface area contributed by atoms with E-state index in [2.05, 4.69) is 11.6 Å². The molecule has 0 heterocycles. The van der Waals surface area contributed by atoms with Crippen LogP contribution in [0.15, 0.2) is 17.0 Å². The maximum absolute atomic E-state index is 12.3. The molecule has 0 bridgehead atoms. The fraction of sp³-hybridized carbons (Fsp3) is 0.538. The Morgan fingerprint density at radius 1 is 1.32 bits per heavy atom. The van der Waals surface area contributed by atoms with Gasteiger partial charge in [-0.3, -0.25) is 0 Å². The molecule has 1 rings (SSSR count). The maximum Gasteiger partial charge on any atom is 0.242 e. The Bertz CT molecular complexity index is 542. The molecule has 19 heavy (non-hydrogen) atoms. The van der Waals surface area contributed by atoms with E-state index in [1.54, 1.807) is 24.8 Å². The Morgan fingerprint density at radius 3 is 2.47 bits per heavy atom. The molecule has 0 aromatic heterocycles. The van der Waals surface area contributed by atoms with E-state index in [9.17, 15) is 8.42 Å². The monoisotopic (exact) mass is 302 g/mol. The van der Waals surface area contributed by atoms with Crippen LogP contribution in [0.3, 0.4) is 0 Å². The molecule has 1 unspecified atom stereocenters. The largest absolute Gasteiger partial charge is 0.397 e. The van der Waals surface area contributed by atoms with Crippen molar-refractivity contribution in [2.24, 2.45) is 0 Å². The van der Waals surface area contributed by atoms with Crippen LogP contribution in [0, 0.1) is 13.8 Å². The van der Waals surface area contributed by atoms with Crippen molar-refractivity contribution in [1.29, 1.82) is 0 Å². The van der Waals surface area contributed by atoms with Crippen LogP contribution in [0.4, 0.5) is 5.69 Å². The van der Waals surface area contributed by atoms with Gasteiger partial charge < -0.3 is 5.73 Å². The summed E-state index contributed by atoms with van der Waals surface area (Å²) in [7, 11) is -3.53. The molecule has 6 heteroatoms. The molecule has 1 atom stereocenters. The molecule has 1 aromatic rings. The van der Waals surface area contributed by atoms with E-state index in [1.807, 2.05) is 19.2 Å². The lowest BCUT2D eigenvalue weighted by molar-refractivity contribution is 0.578. The Morgan fingerprint density at radius 2 is 1.89 bits per heavy atom. The van der Waals surface area contributed by atoms with Gasteiger partial charge >= 0.3 is 0 Å². The first-order valence-corrected chi connectivity index (χ1v) is 8.95. The Balaban J connectivity index is 2.92. The molecule has 0 amide bonds. The van der Waals surface area contributed by atoms with Gasteiger partial charge in [0.2, 0.25) is 10.0 Å². The van der Waals surface area contributed by atoms with Crippen molar-refractivity contribution in [2.75, 3.05) is 18.5 Å². The summed E-state index contributed by atoms with van der Waals surface area (Å²) in [6, 6.07) is 3.62. The number of nitrogen functional groups attached to an aromatic ring is 1. The highest BCUT2D eigenvalue weighted by molar-refractivity contribution is 7.99. The van der Waals surface area contributed by atoms with Crippen molar-refractivity contribution in [1.82, 2.24) is 4.72 Å². The fourth-order valence-electron chi connectivity index (χ4n) is 1.75. The first-order valence-electron chi connectivity index (χ1n) is 6.17. The van der Waals surface area contributed by atoms with Gasteiger partial charge in [-0.1, -0.05) is 19.1 Å². The lowest BCUT2D eigenvalue weighted by atomic mass is 10.1. The molecule has 0 aliphatic carbocycles. The van der Waals surface area contributed by atoms with Gasteiger partial charge in [-0.2, -0.15) is 11.8 Å². The number of anilines is 1. The van der Waals surface area contributed by atoms with Gasteiger partial charge in [0, 0.05) is 11.8 Å². The van der Waals surface area contributed by atoms with Crippen molar-refractivity contribution in [3.05, 3.63) is 23.3 Å². The number of sulfonamides is 1. The van der Waals surface area contributed by atoms with E-state index >= 15 is 0 Å². The number of nitrogens with one attached hydrogen (secondary N) is 1. The van der Waals surface area contributed by atoms with Gasteiger partial charge in [0.1, 0.15) is 4.90 Å². The van der Waals surface area contributed by atoms with Gasteiger partial charge in [0.15, 0.2) is 0 Å². The van der Waals surface area contributed by atoms with Crippen LogP contribution >= 0.6 is 11.8 Å². The second-order valence-corrected chi connectivity index (χ2v) is 7.65. The molecule has 0 radical (unpaired) electrons. The molecule has 0 aliphatic heterocycles. The van der Waals surface area contributed by atoms with E-state index in [1.165, 1.54) is 0 Å². The summed E-state index contributed by atoms with van der Waals surface area (Å²) >= 11 is 1.72. The van der Waals surface area contributed by atoms with Crippen LogP contribution in [-0.2, 0) is 10.0 Å². The minimum atomic E-state index is -3.53. The Hall–Kier alpha value is -0.720. The summed E-state index contributed by atoms with van der Waals surface area (Å²) in [5.74, 6) is 0. The maximum atomic E-state index is 12.3. The van der Waals surface area contributed by atoms with E-state index in [4.69, 9.17) is 5.73 Å². The molecule has 0 aliphatic rings. The van der Waals surface area contributed by atoms with E-state index < -0.39 is 10.0 Å². The fourth-order valence-corrected chi connectivity index (χ4v) is 3.58. The molecule has 108 valence electrons. The zero-order valence-corrected chi connectivity index (χ0v) is 13.5. The smallest absolute Gasteiger partial charge is 0.242 e. The number of thioether (sulfide) groups is 1. The van der Waals surface area contributed by atoms with E-state index in [0.717, 1.165) is 12.0 Å². The van der Waals surface area contributed by atoms with Crippen LogP contribution in [0.1, 0.15) is 24.5 Å². The third-order valence-corrected chi connectivity index (χ3v) is 5.83. The van der Waals surface area contributed by atoms with Crippen LogP contribution in [0.25, 0.3) is 0 Å². The highest BCUT2D eigenvalue weighted by Gasteiger charge is 2.20. The SMILES string of the molecule is CSC(C)CCNS(=O)(=O)c1c(C)ccc(C)c1N. The number of nitrogens with two attached hydrogens (primary N) is 1. The van der Waals surface area contributed by atoms with Crippen molar-refractivity contribution in [2.45, 2.75) is 37.3 Å². The highest BCUT2D eigenvalue weighted by atomic mass is 32.2. The van der Waals surface area contributed by atoms with Crippen molar-refractivity contribution < 1.29 is 8.42 Å².